The van der Waals surface area contributed by atoms with Gasteiger partial charge in [0.25, 0.3) is 0 Å². The van der Waals surface area contributed by atoms with Crippen molar-refractivity contribution in [1.82, 2.24) is 15.0 Å². The van der Waals surface area contributed by atoms with Crippen molar-refractivity contribution in [3.63, 3.8) is 0 Å². The van der Waals surface area contributed by atoms with Gasteiger partial charge in [-0.15, -0.1) is 0 Å². The van der Waals surface area contributed by atoms with Gasteiger partial charge in [0.1, 0.15) is 6.20 Å². The second-order valence-electron chi connectivity index (χ2n) is 3.97. The number of rotatable bonds is 6. The molecule has 0 unspecified atom stereocenters. The summed E-state index contributed by atoms with van der Waals surface area (Å²) in [5, 5.41) is 16.6. The van der Waals surface area contributed by atoms with E-state index in [1.807, 2.05) is 12.1 Å². The van der Waals surface area contributed by atoms with Crippen molar-refractivity contribution >= 4 is 17.5 Å². The Labute approximate surface area is 115 Å². The van der Waals surface area contributed by atoms with Crippen LogP contribution in [-0.2, 0) is 6.42 Å². The molecule has 0 amide bonds. The lowest BCUT2D eigenvalue weighted by Crippen LogP contribution is -2.10. The second kappa shape index (κ2) is 6.41. The van der Waals surface area contributed by atoms with Crippen molar-refractivity contribution in [2.75, 3.05) is 24.2 Å². The number of hydrogen-bond acceptors (Lipinski definition) is 7. The lowest BCUT2D eigenvalue weighted by molar-refractivity contribution is -0.384. The monoisotopic (exact) mass is 274 g/mol. The molecule has 20 heavy (non-hydrogen) atoms. The van der Waals surface area contributed by atoms with Crippen LogP contribution in [0.25, 0.3) is 0 Å². The molecule has 0 aliphatic heterocycles. The van der Waals surface area contributed by atoms with Gasteiger partial charge in [-0.2, -0.15) is 4.98 Å². The third-order valence-corrected chi connectivity index (χ3v) is 2.65. The third-order valence-electron chi connectivity index (χ3n) is 2.65. The molecule has 2 aromatic rings. The van der Waals surface area contributed by atoms with Gasteiger partial charge in [0, 0.05) is 26.0 Å². The minimum Gasteiger partial charge on any atom is -0.364 e. The molecule has 0 fully saturated rings. The number of pyridine rings is 1. The van der Waals surface area contributed by atoms with Gasteiger partial charge >= 0.3 is 5.69 Å². The van der Waals surface area contributed by atoms with Crippen molar-refractivity contribution in [2.24, 2.45) is 0 Å². The Bertz CT molecular complexity index is 590. The van der Waals surface area contributed by atoms with E-state index in [0.717, 1.165) is 12.0 Å². The predicted molar refractivity (Wildman–Crippen MR) is 74.7 cm³/mol. The van der Waals surface area contributed by atoms with E-state index < -0.39 is 4.92 Å². The van der Waals surface area contributed by atoms with Crippen LogP contribution in [0, 0.1) is 10.1 Å². The first-order valence-corrected chi connectivity index (χ1v) is 6.02. The highest BCUT2D eigenvalue weighted by Crippen LogP contribution is 2.21. The largest absolute Gasteiger partial charge is 0.364 e. The average molecular weight is 274 g/mol. The van der Waals surface area contributed by atoms with Crippen LogP contribution in [0.3, 0.4) is 0 Å². The number of nitrogens with one attached hydrogen (secondary N) is 2. The normalized spacial score (nSPS) is 10.1. The molecule has 0 spiro atoms. The number of aromatic nitrogens is 3. The minimum atomic E-state index is -0.506. The van der Waals surface area contributed by atoms with E-state index in [4.69, 9.17) is 0 Å². The first kappa shape index (κ1) is 13.7. The Balaban J connectivity index is 2.06. The van der Waals surface area contributed by atoms with Crippen LogP contribution >= 0.6 is 0 Å². The lowest BCUT2D eigenvalue weighted by Gasteiger charge is -2.07. The molecule has 0 radical (unpaired) electrons. The first-order chi connectivity index (χ1) is 9.70. The summed E-state index contributed by atoms with van der Waals surface area (Å²) in [6, 6.07) is 3.80. The summed E-state index contributed by atoms with van der Waals surface area (Å²) >= 11 is 0. The SMILES string of the molecule is CNc1ncc([N+](=O)[O-])c(NCCc2ccncc2)n1. The zero-order valence-electron chi connectivity index (χ0n) is 10.9. The molecular weight excluding hydrogens is 260 g/mol. The highest BCUT2D eigenvalue weighted by atomic mass is 16.6. The summed E-state index contributed by atoms with van der Waals surface area (Å²) in [7, 11) is 1.65. The molecule has 0 aromatic carbocycles. The van der Waals surface area contributed by atoms with E-state index >= 15 is 0 Å². The first-order valence-electron chi connectivity index (χ1n) is 6.02. The molecule has 0 atom stereocenters. The Morgan fingerprint density at radius 3 is 2.75 bits per heavy atom. The summed E-state index contributed by atoms with van der Waals surface area (Å²) < 4.78 is 0. The van der Waals surface area contributed by atoms with Gasteiger partial charge in [-0.05, 0) is 24.1 Å². The fraction of sp³-hybridized carbons (Fsp3) is 0.250. The maximum Gasteiger partial charge on any atom is 0.329 e. The molecule has 0 bridgehead atoms. The van der Waals surface area contributed by atoms with Crippen LogP contribution in [-0.4, -0.2) is 33.5 Å². The van der Waals surface area contributed by atoms with Crippen molar-refractivity contribution in [2.45, 2.75) is 6.42 Å². The minimum absolute atomic E-state index is 0.140. The lowest BCUT2D eigenvalue weighted by atomic mass is 10.2. The van der Waals surface area contributed by atoms with Crippen LogP contribution in [0.5, 0.6) is 0 Å². The maximum atomic E-state index is 10.9. The number of anilines is 2. The fourth-order valence-corrected chi connectivity index (χ4v) is 1.63. The van der Waals surface area contributed by atoms with Gasteiger partial charge in [0.2, 0.25) is 11.8 Å². The summed E-state index contributed by atoms with van der Waals surface area (Å²) in [5.41, 5.74) is 0.955. The van der Waals surface area contributed by atoms with Gasteiger partial charge in [-0.3, -0.25) is 15.1 Å². The maximum absolute atomic E-state index is 10.9. The van der Waals surface area contributed by atoms with Crippen LogP contribution in [0.1, 0.15) is 5.56 Å². The van der Waals surface area contributed by atoms with Crippen molar-refractivity contribution in [3.8, 4) is 0 Å². The van der Waals surface area contributed by atoms with E-state index in [2.05, 4.69) is 25.6 Å². The second-order valence-corrected chi connectivity index (χ2v) is 3.97. The standard InChI is InChI=1S/C12H14N6O2/c1-13-12-16-8-10(18(19)20)11(17-12)15-7-4-9-2-5-14-6-3-9/h2-3,5-6,8H,4,7H2,1H3,(H2,13,15,16,17). The summed E-state index contributed by atoms with van der Waals surface area (Å²) in [6.07, 6.45) is 5.33. The third kappa shape index (κ3) is 3.37. The van der Waals surface area contributed by atoms with Gasteiger partial charge in [0.15, 0.2) is 0 Å². The van der Waals surface area contributed by atoms with Crippen molar-refractivity contribution in [3.05, 3.63) is 46.4 Å². The molecule has 0 saturated carbocycles. The molecule has 0 aliphatic carbocycles. The van der Waals surface area contributed by atoms with Crippen LogP contribution in [0.2, 0.25) is 0 Å². The predicted octanol–water partition coefficient (Wildman–Crippen LogP) is 1.48. The quantitative estimate of drug-likeness (QED) is 0.607. The Hall–Kier alpha value is -2.77. The smallest absolute Gasteiger partial charge is 0.329 e. The zero-order valence-corrected chi connectivity index (χ0v) is 10.9. The molecule has 0 saturated heterocycles. The highest BCUT2D eigenvalue weighted by Gasteiger charge is 2.16. The van der Waals surface area contributed by atoms with E-state index in [0.29, 0.717) is 12.5 Å². The molecule has 2 aromatic heterocycles. The Morgan fingerprint density at radius 1 is 1.35 bits per heavy atom. The number of hydrogen-bond donors (Lipinski definition) is 2. The van der Waals surface area contributed by atoms with Gasteiger partial charge in [-0.1, -0.05) is 0 Å². The number of nitrogens with zero attached hydrogens (tertiary/aromatic N) is 4. The molecule has 2 N–H and O–H groups in total. The summed E-state index contributed by atoms with van der Waals surface area (Å²) in [5.74, 6) is 0.547. The topological polar surface area (TPSA) is 106 Å². The van der Waals surface area contributed by atoms with Gasteiger partial charge < -0.3 is 10.6 Å². The zero-order chi connectivity index (χ0) is 14.4. The molecule has 0 aliphatic rings. The van der Waals surface area contributed by atoms with E-state index in [1.165, 1.54) is 6.20 Å². The molecule has 104 valence electrons. The van der Waals surface area contributed by atoms with Crippen molar-refractivity contribution in [1.29, 1.82) is 0 Å². The molecular formula is C12H14N6O2. The van der Waals surface area contributed by atoms with Crippen molar-refractivity contribution < 1.29 is 4.92 Å². The highest BCUT2D eigenvalue weighted by molar-refractivity contribution is 5.56. The molecule has 8 heteroatoms. The van der Waals surface area contributed by atoms with Crippen LogP contribution in [0.4, 0.5) is 17.5 Å². The van der Waals surface area contributed by atoms with Gasteiger partial charge in [-0.25, -0.2) is 4.98 Å². The summed E-state index contributed by atoms with van der Waals surface area (Å²) in [4.78, 5) is 22.2. The Kier molecular flexibility index (Phi) is 4.38. The van der Waals surface area contributed by atoms with Crippen LogP contribution in [0.15, 0.2) is 30.7 Å². The Morgan fingerprint density at radius 2 is 2.10 bits per heavy atom. The fourth-order valence-electron chi connectivity index (χ4n) is 1.63. The molecule has 2 heterocycles. The molecule has 8 nitrogen and oxygen atoms in total. The van der Waals surface area contributed by atoms with E-state index in [1.54, 1.807) is 19.4 Å². The van der Waals surface area contributed by atoms with E-state index in [9.17, 15) is 10.1 Å². The van der Waals surface area contributed by atoms with Crippen LogP contribution < -0.4 is 10.6 Å². The van der Waals surface area contributed by atoms with Gasteiger partial charge in [0.05, 0.1) is 4.92 Å². The number of nitro groups is 1. The summed E-state index contributed by atoms with van der Waals surface area (Å²) in [6.45, 7) is 0.533. The van der Waals surface area contributed by atoms with E-state index in [-0.39, 0.29) is 11.5 Å². The average Bonchev–Trinajstić information content (AvgIpc) is 2.48. The molecule has 2 rings (SSSR count).